The van der Waals surface area contributed by atoms with Crippen LogP contribution in [-0.2, 0) is 9.53 Å². The molecule has 0 aliphatic rings. The summed E-state index contributed by atoms with van der Waals surface area (Å²) in [5.41, 5.74) is 0. The molecule has 0 atom stereocenters. The third-order valence-electron chi connectivity index (χ3n) is 2.34. The molecule has 0 saturated carbocycles. The molecule has 3 nitrogen and oxygen atoms in total. The molecule has 0 aromatic carbocycles. The van der Waals surface area contributed by atoms with Gasteiger partial charge in [-0.2, -0.15) is 0 Å². The number of unbranched alkanes of at least 4 members (excludes halogenated alkanes) is 2. The van der Waals surface area contributed by atoms with Crippen LogP contribution in [0.2, 0.25) is 0 Å². The fraction of sp³-hybridized carbons (Fsp3) is 0.917. The molecule has 0 aromatic rings. The number of hydrogen-bond acceptors (Lipinski definition) is 2. The average Bonchev–Trinajstić information content (AvgIpc) is 2.23. The van der Waals surface area contributed by atoms with E-state index in [0.717, 1.165) is 26.0 Å². The summed E-state index contributed by atoms with van der Waals surface area (Å²) in [6, 6.07) is 0. The zero-order valence-electron chi connectivity index (χ0n) is 10.4. The molecule has 0 spiro atoms. The lowest BCUT2D eigenvalue weighted by atomic mass is 10.3. The van der Waals surface area contributed by atoms with Gasteiger partial charge in [-0.1, -0.05) is 26.7 Å². The molecule has 0 fully saturated rings. The Morgan fingerprint density at radius 1 is 1.13 bits per heavy atom. The Kier molecular flexibility index (Phi) is 9.59. The number of ether oxygens (including phenoxy) is 1. The first-order valence-corrected chi connectivity index (χ1v) is 6.04. The lowest BCUT2D eigenvalue weighted by Gasteiger charge is -2.15. The Morgan fingerprint density at radius 2 is 1.87 bits per heavy atom. The van der Waals surface area contributed by atoms with Gasteiger partial charge in [0.15, 0.2) is 0 Å². The molecular formula is C12H25NO2. The van der Waals surface area contributed by atoms with Crippen molar-refractivity contribution in [3.63, 3.8) is 0 Å². The number of carbonyl (C=O) groups excluding carboxylic acids is 1. The summed E-state index contributed by atoms with van der Waals surface area (Å²) in [4.78, 5) is 13.2. The molecule has 0 aliphatic heterocycles. The molecular weight excluding hydrogens is 190 g/mol. The number of carbonyl (C=O) groups is 1. The Hall–Kier alpha value is -0.570. The van der Waals surface area contributed by atoms with E-state index < -0.39 is 0 Å². The van der Waals surface area contributed by atoms with Gasteiger partial charge >= 0.3 is 0 Å². The molecule has 90 valence electrons. The summed E-state index contributed by atoms with van der Waals surface area (Å²) < 4.78 is 5.39. The van der Waals surface area contributed by atoms with Crippen molar-refractivity contribution in [2.24, 2.45) is 0 Å². The van der Waals surface area contributed by atoms with Crippen LogP contribution >= 0.6 is 0 Å². The molecule has 0 radical (unpaired) electrons. The third kappa shape index (κ3) is 8.43. The van der Waals surface area contributed by atoms with Crippen molar-refractivity contribution in [1.82, 2.24) is 4.90 Å². The standard InChI is InChI=1S/C12H25NO2/c1-4-6-7-10-15-11-8-12(14)13(3)9-5-2/h4-11H2,1-3H3. The van der Waals surface area contributed by atoms with Crippen LogP contribution in [-0.4, -0.2) is 37.6 Å². The average molecular weight is 215 g/mol. The van der Waals surface area contributed by atoms with E-state index in [1.54, 1.807) is 4.90 Å². The SMILES string of the molecule is CCCCCOCCC(=O)N(C)CCC. The van der Waals surface area contributed by atoms with E-state index in [4.69, 9.17) is 4.74 Å². The van der Waals surface area contributed by atoms with Crippen molar-refractivity contribution < 1.29 is 9.53 Å². The van der Waals surface area contributed by atoms with E-state index in [1.807, 2.05) is 7.05 Å². The number of nitrogens with zero attached hydrogens (tertiary/aromatic N) is 1. The summed E-state index contributed by atoms with van der Waals surface area (Å²) >= 11 is 0. The van der Waals surface area contributed by atoms with Gasteiger partial charge in [0, 0.05) is 20.2 Å². The normalized spacial score (nSPS) is 10.3. The van der Waals surface area contributed by atoms with Crippen molar-refractivity contribution in [3.05, 3.63) is 0 Å². The van der Waals surface area contributed by atoms with E-state index >= 15 is 0 Å². The van der Waals surface area contributed by atoms with Gasteiger partial charge < -0.3 is 9.64 Å². The molecule has 0 N–H and O–H groups in total. The monoisotopic (exact) mass is 215 g/mol. The van der Waals surface area contributed by atoms with Gasteiger partial charge in [-0.15, -0.1) is 0 Å². The van der Waals surface area contributed by atoms with Crippen LogP contribution < -0.4 is 0 Å². The lowest BCUT2D eigenvalue weighted by Crippen LogP contribution is -2.28. The van der Waals surface area contributed by atoms with E-state index in [0.29, 0.717) is 13.0 Å². The Morgan fingerprint density at radius 3 is 2.47 bits per heavy atom. The lowest BCUT2D eigenvalue weighted by molar-refractivity contribution is -0.131. The number of rotatable bonds is 9. The highest BCUT2D eigenvalue weighted by atomic mass is 16.5. The highest BCUT2D eigenvalue weighted by Gasteiger charge is 2.06. The van der Waals surface area contributed by atoms with Crippen LogP contribution in [0, 0.1) is 0 Å². The molecule has 1 amide bonds. The predicted molar refractivity (Wildman–Crippen MR) is 62.9 cm³/mol. The van der Waals surface area contributed by atoms with E-state index in [1.165, 1.54) is 12.8 Å². The van der Waals surface area contributed by atoms with E-state index in [9.17, 15) is 4.79 Å². The maximum Gasteiger partial charge on any atom is 0.224 e. The Bertz CT molecular complexity index is 160. The molecule has 0 unspecified atom stereocenters. The smallest absolute Gasteiger partial charge is 0.224 e. The molecule has 0 bridgehead atoms. The zero-order chi connectivity index (χ0) is 11.5. The van der Waals surface area contributed by atoms with Gasteiger partial charge in [0.1, 0.15) is 0 Å². The molecule has 0 rings (SSSR count). The van der Waals surface area contributed by atoms with Gasteiger partial charge in [0.05, 0.1) is 13.0 Å². The summed E-state index contributed by atoms with van der Waals surface area (Å²) in [5.74, 6) is 0.187. The van der Waals surface area contributed by atoms with Gasteiger partial charge in [0.2, 0.25) is 5.91 Å². The molecule has 0 aromatic heterocycles. The fourth-order valence-electron chi connectivity index (χ4n) is 1.37. The minimum atomic E-state index is 0.187. The molecule has 3 heteroatoms. The van der Waals surface area contributed by atoms with Gasteiger partial charge in [-0.3, -0.25) is 4.79 Å². The highest BCUT2D eigenvalue weighted by molar-refractivity contribution is 5.75. The fourth-order valence-corrected chi connectivity index (χ4v) is 1.37. The quantitative estimate of drug-likeness (QED) is 0.553. The number of hydrogen-bond donors (Lipinski definition) is 0. The third-order valence-corrected chi connectivity index (χ3v) is 2.34. The Balaban J connectivity index is 3.30. The zero-order valence-corrected chi connectivity index (χ0v) is 10.4. The molecule has 15 heavy (non-hydrogen) atoms. The van der Waals surface area contributed by atoms with Crippen LogP contribution in [0.4, 0.5) is 0 Å². The van der Waals surface area contributed by atoms with Crippen molar-refractivity contribution >= 4 is 5.91 Å². The van der Waals surface area contributed by atoms with Crippen LogP contribution in [0.15, 0.2) is 0 Å². The first-order valence-electron chi connectivity index (χ1n) is 6.04. The number of amides is 1. The van der Waals surface area contributed by atoms with Crippen LogP contribution in [0.1, 0.15) is 46.0 Å². The van der Waals surface area contributed by atoms with E-state index in [2.05, 4.69) is 13.8 Å². The summed E-state index contributed by atoms with van der Waals surface area (Å²) in [7, 11) is 1.85. The molecule has 0 heterocycles. The van der Waals surface area contributed by atoms with Crippen LogP contribution in [0.3, 0.4) is 0 Å². The second-order valence-electron chi connectivity index (χ2n) is 3.88. The second kappa shape index (κ2) is 9.97. The molecule has 0 aliphatic carbocycles. The van der Waals surface area contributed by atoms with E-state index in [-0.39, 0.29) is 5.91 Å². The van der Waals surface area contributed by atoms with Crippen LogP contribution in [0.25, 0.3) is 0 Å². The maximum atomic E-state index is 11.5. The van der Waals surface area contributed by atoms with Gasteiger partial charge in [0.25, 0.3) is 0 Å². The minimum Gasteiger partial charge on any atom is -0.381 e. The van der Waals surface area contributed by atoms with Gasteiger partial charge in [-0.05, 0) is 12.8 Å². The summed E-state index contributed by atoms with van der Waals surface area (Å²) in [6.45, 7) is 6.44. The van der Waals surface area contributed by atoms with Gasteiger partial charge in [-0.25, -0.2) is 0 Å². The molecule has 0 saturated heterocycles. The van der Waals surface area contributed by atoms with Crippen molar-refractivity contribution in [3.8, 4) is 0 Å². The van der Waals surface area contributed by atoms with Crippen molar-refractivity contribution in [2.75, 3.05) is 26.8 Å². The second-order valence-corrected chi connectivity index (χ2v) is 3.88. The minimum absolute atomic E-state index is 0.187. The topological polar surface area (TPSA) is 29.5 Å². The maximum absolute atomic E-state index is 11.5. The van der Waals surface area contributed by atoms with Crippen molar-refractivity contribution in [1.29, 1.82) is 0 Å². The predicted octanol–water partition coefficient (Wildman–Crippen LogP) is 2.45. The largest absolute Gasteiger partial charge is 0.381 e. The highest BCUT2D eigenvalue weighted by Crippen LogP contribution is 1.97. The first-order chi connectivity index (χ1) is 7.22. The summed E-state index contributed by atoms with van der Waals surface area (Å²) in [6.07, 6.45) is 5.06. The van der Waals surface area contributed by atoms with Crippen LogP contribution in [0.5, 0.6) is 0 Å². The first kappa shape index (κ1) is 14.4. The Labute approximate surface area is 93.8 Å². The summed E-state index contributed by atoms with van der Waals surface area (Å²) in [5, 5.41) is 0. The van der Waals surface area contributed by atoms with Crippen molar-refractivity contribution in [2.45, 2.75) is 46.0 Å².